The molecule has 28 heavy (non-hydrogen) atoms. The fraction of sp³-hybridized carbons (Fsp3) is 0.571. The van der Waals surface area contributed by atoms with E-state index in [1.54, 1.807) is 0 Å². The molecule has 1 atom stereocenters. The molecular weight excluding hydrogens is 356 g/mol. The van der Waals surface area contributed by atoms with Crippen LogP contribution < -0.4 is 10.7 Å². The molecule has 4 rings (SSSR count). The number of hydrazine groups is 1. The maximum Gasteiger partial charge on any atom is 0.344 e. The van der Waals surface area contributed by atoms with Crippen molar-refractivity contribution in [2.45, 2.75) is 63.5 Å². The van der Waals surface area contributed by atoms with Crippen LogP contribution in [0.4, 0.5) is 4.79 Å². The number of hydrogen-bond acceptors (Lipinski definition) is 4. The van der Waals surface area contributed by atoms with E-state index in [-0.39, 0.29) is 24.4 Å². The fourth-order valence-electron chi connectivity index (χ4n) is 4.89. The molecule has 0 aromatic heterocycles. The smallest absolute Gasteiger partial charge is 0.322 e. The molecule has 1 saturated carbocycles. The zero-order chi connectivity index (χ0) is 19.7. The Balaban J connectivity index is 1.41. The van der Waals surface area contributed by atoms with Crippen molar-refractivity contribution in [3.05, 3.63) is 35.4 Å². The number of benzene rings is 1. The van der Waals surface area contributed by atoms with Gasteiger partial charge in [-0.2, -0.15) is 5.01 Å². The number of rotatable bonds is 4. The van der Waals surface area contributed by atoms with Crippen molar-refractivity contribution >= 4 is 17.8 Å². The summed E-state index contributed by atoms with van der Waals surface area (Å²) < 4.78 is 0. The number of likely N-dealkylation sites (tertiary alicyclic amines) is 1. The van der Waals surface area contributed by atoms with Gasteiger partial charge in [-0.25, -0.2) is 4.79 Å². The Morgan fingerprint density at radius 1 is 1.18 bits per heavy atom. The summed E-state index contributed by atoms with van der Waals surface area (Å²) in [7, 11) is 0. The number of carbonyl (C=O) groups excluding carboxylic acids is 3. The molecule has 7 heteroatoms. The second-order valence-corrected chi connectivity index (χ2v) is 8.23. The molecule has 2 saturated heterocycles. The van der Waals surface area contributed by atoms with Gasteiger partial charge < -0.3 is 5.32 Å². The summed E-state index contributed by atoms with van der Waals surface area (Å²) >= 11 is 0. The van der Waals surface area contributed by atoms with Crippen molar-refractivity contribution in [2.24, 2.45) is 0 Å². The highest BCUT2D eigenvalue weighted by Crippen LogP contribution is 2.34. The predicted octanol–water partition coefficient (Wildman–Crippen LogP) is 2.42. The summed E-state index contributed by atoms with van der Waals surface area (Å²) in [5, 5.41) is 3.71. The predicted molar refractivity (Wildman–Crippen MR) is 104 cm³/mol. The van der Waals surface area contributed by atoms with E-state index in [0.29, 0.717) is 12.8 Å². The van der Waals surface area contributed by atoms with Gasteiger partial charge >= 0.3 is 6.03 Å². The molecule has 2 N–H and O–H groups in total. The molecule has 0 bridgehead atoms. The number of hydrogen-bond donors (Lipinski definition) is 2. The molecule has 2 aliphatic heterocycles. The Hall–Kier alpha value is -2.41. The van der Waals surface area contributed by atoms with Gasteiger partial charge in [0.15, 0.2) is 0 Å². The van der Waals surface area contributed by atoms with Crippen LogP contribution in [0.25, 0.3) is 0 Å². The summed E-state index contributed by atoms with van der Waals surface area (Å²) in [6.45, 7) is 3.09. The number of amides is 4. The standard InChI is InChI=1S/C21H28N4O3/c1-15-8-3-4-9-16(15)17-10-7-13-24(17)14-18(26)23-25-19(27)21(22-20(25)28)11-5-2-6-12-21/h3-4,8-9,17H,2,5-7,10-14H2,1H3,(H,22,28)(H,23,26). The topological polar surface area (TPSA) is 81.8 Å². The molecule has 3 aliphatic rings. The first-order chi connectivity index (χ1) is 13.5. The van der Waals surface area contributed by atoms with Gasteiger partial charge in [0.2, 0.25) is 0 Å². The number of carbonyl (C=O) groups is 3. The van der Waals surface area contributed by atoms with Gasteiger partial charge in [-0.15, -0.1) is 0 Å². The Morgan fingerprint density at radius 2 is 1.93 bits per heavy atom. The van der Waals surface area contributed by atoms with E-state index in [1.807, 2.05) is 12.1 Å². The van der Waals surface area contributed by atoms with Gasteiger partial charge in [-0.1, -0.05) is 43.5 Å². The quantitative estimate of drug-likeness (QED) is 0.781. The molecular formula is C21H28N4O3. The minimum absolute atomic E-state index is 0.170. The number of imide groups is 1. The second-order valence-electron chi connectivity index (χ2n) is 8.23. The average Bonchev–Trinajstić information content (AvgIpc) is 3.21. The van der Waals surface area contributed by atoms with Gasteiger partial charge in [0.25, 0.3) is 11.8 Å². The lowest BCUT2D eigenvalue weighted by molar-refractivity contribution is -0.140. The minimum atomic E-state index is -0.820. The zero-order valence-electron chi connectivity index (χ0n) is 16.4. The monoisotopic (exact) mass is 384 g/mol. The molecule has 2 heterocycles. The largest absolute Gasteiger partial charge is 0.344 e. The number of nitrogens with zero attached hydrogens (tertiary/aromatic N) is 2. The van der Waals surface area contributed by atoms with Crippen LogP contribution in [-0.4, -0.2) is 46.4 Å². The maximum absolute atomic E-state index is 12.8. The molecule has 7 nitrogen and oxygen atoms in total. The summed E-state index contributed by atoms with van der Waals surface area (Å²) in [6, 6.07) is 7.92. The van der Waals surface area contributed by atoms with Crippen LogP contribution in [0.5, 0.6) is 0 Å². The van der Waals surface area contributed by atoms with Crippen molar-refractivity contribution in [3.8, 4) is 0 Å². The Labute approximate surface area is 165 Å². The van der Waals surface area contributed by atoms with E-state index < -0.39 is 11.6 Å². The molecule has 1 unspecified atom stereocenters. The Kier molecular flexibility index (Phi) is 5.10. The van der Waals surface area contributed by atoms with E-state index in [0.717, 1.165) is 43.7 Å². The van der Waals surface area contributed by atoms with Crippen molar-refractivity contribution in [3.63, 3.8) is 0 Å². The Morgan fingerprint density at radius 3 is 2.68 bits per heavy atom. The molecule has 1 aliphatic carbocycles. The third-order valence-electron chi connectivity index (χ3n) is 6.36. The van der Waals surface area contributed by atoms with E-state index in [2.05, 4.69) is 34.7 Å². The van der Waals surface area contributed by atoms with E-state index in [4.69, 9.17) is 0 Å². The van der Waals surface area contributed by atoms with Gasteiger partial charge in [0.1, 0.15) is 5.54 Å². The fourth-order valence-corrected chi connectivity index (χ4v) is 4.89. The van der Waals surface area contributed by atoms with E-state index in [1.165, 1.54) is 11.1 Å². The van der Waals surface area contributed by atoms with Crippen LogP contribution in [0.3, 0.4) is 0 Å². The lowest BCUT2D eigenvalue weighted by Crippen LogP contribution is -2.52. The van der Waals surface area contributed by atoms with Crippen LogP contribution in [-0.2, 0) is 9.59 Å². The first-order valence-electron chi connectivity index (χ1n) is 10.3. The zero-order valence-corrected chi connectivity index (χ0v) is 16.4. The molecule has 1 spiro atoms. The molecule has 150 valence electrons. The summed E-state index contributed by atoms with van der Waals surface area (Å²) in [6.07, 6.45) is 6.23. The number of nitrogens with one attached hydrogen (secondary N) is 2. The molecule has 1 aromatic carbocycles. The summed E-state index contributed by atoms with van der Waals surface area (Å²) in [4.78, 5) is 39.9. The molecule has 3 fully saturated rings. The lowest BCUT2D eigenvalue weighted by Gasteiger charge is -2.30. The van der Waals surface area contributed by atoms with Crippen LogP contribution in [0.15, 0.2) is 24.3 Å². The van der Waals surface area contributed by atoms with Crippen molar-refractivity contribution in [2.75, 3.05) is 13.1 Å². The normalized spacial score (nSPS) is 24.6. The Bertz CT molecular complexity index is 788. The summed E-state index contributed by atoms with van der Waals surface area (Å²) in [5.41, 5.74) is 4.19. The van der Waals surface area contributed by atoms with E-state index in [9.17, 15) is 14.4 Å². The van der Waals surface area contributed by atoms with Gasteiger partial charge in [-0.3, -0.25) is 19.9 Å². The van der Waals surface area contributed by atoms with Crippen LogP contribution >= 0.6 is 0 Å². The average molecular weight is 384 g/mol. The maximum atomic E-state index is 12.8. The van der Waals surface area contributed by atoms with Crippen molar-refractivity contribution in [1.82, 2.24) is 20.7 Å². The third-order valence-corrected chi connectivity index (χ3v) is 6.36. The number of urea groups is 1. The molecule has 0 radical (unpaired) electrons. The van der Waals surface area contributed by atoms with Crippen LogP contribution in [0, 0.1) is 6.92 Å². The van der Waals surface area contributed by atoms with Crippen molar-refractivity contribution in [1.29, 1.82) is 0 Å². The SMILES string of the molecule is Cc1ccccc1C1CCCN1CC(=O)NN1C(=O)NC2(CCCCC2)C1=O. The second kappa shape index (κ2) is 7.54. The third kappa shape index (κ3) is 3.39. The van der Waals surface area contributed by atoms with Crippen LogP contribution in [0.1, 0.15) is 62.1 Å². The first kappa shape index (κ1) is 18.9. The molecule has 1 aromatic rings. The first-order valence-corrected chi connectivity index (χ1v) is 10.3. The van der Waals surface area contributed by atoms with Gasteiger partial charge in [0.05, 0.1) is 6.54 Å². The van der Waals surface area contributed by atoms with Crippen LogP contribution in [0.2, 0.25) is 0 Å². The minimum Gasteiger partial charge on any atom is -0.322 e. The number of aryl methyl sites for hydroxylation is 1. The summed E-state index contributed by atoms with van der Waals surface area (Å²) in [5.74, 6) is -0.640. The van der Waals surface area contributed by atoms with Crippen molar-refractivity contribution < 1.29 is 14.4 Å². The highest BCUT2D eigenvalue weighted by Gasteiger charge is 2.52. The van der Waals surface area contributed by atoms with Gasteiger partial charge in [0, 0.05) is 6.04 Å². The van der Waals surface area contributed by atoms with E-state index >= 15 is 0 Å². The lowest BCUT2D eigenvalue weighted by atomic mass is 9.82. The highest BCUT2D eigenvalue weighted by atomic mass is 16.2. The molecule has 4 amide bonds. The highest BCUT2D eigenvalue weighted by molar-refractivity contribution is 6.08. The van der Waals surface area contributed by atoms with Gasteiger partial charge in [-0.05, 0) is 50.3 Å².